The van der Waals surface area contributed by atoms with Crippen molar-refractivity contribution in [2.75, 3.05) is 47.1 Å². The van der Waals surface area contributed by atoms with Gasteiger partial charge < -0.3 is 14.4 Å². The van der Waals surface area contributed by atoms with E-state index in [1.54, 1.807) is 24.7 Å². The van der Waals surface area contributed by atoms with E-state index in [2.05, 4.69) is 51.0 Å². The summed E-state index contributed by atoms with van der Waals surface area (Å²) in [7, 11) is 1.16. The molecule has 0 spiro atoms. The zero-order chi connectivity index (χ0) is 16.5. The van der Waals surface area contributed by atoms with Crippen molar-refractivity contribution in [2.45, 2.75) is 39.3 Å². The fourth-order valence-electron chi connectivity index (χ4n) is 2.34. The Kier molecular flexibility index (Phi) is 13.5. The van der Waals surface area contributed by atoms with E-state index in [-0.39, 0.29) is 18.9 Å². The fraction of sp³-hybridized carbons (Fsp3) is 0.812. The first-order chi connectivity index (χ1) is 9.57. The van der Waals surface area contributed by atoms with E-state index in [9.17, 15) is 0 Å². The van der Waals surface area contributed by atoms with E-state index >= 15 is 0 Å². The number of ether oxygens (including phenoxy) is 2. The number of rotatable bonds is 11. The van der Waals surface area contributed by atoms with E-state index in [0.29, 0.717) is 0 Å². The molecule has 3 nitrogen and oxygen atoms in total. The third kappa shape index (κ3) is 15.4. The second-order valence-electron chi connectivity index (χ2n) is 8.01. The average molecular weight is 339 g/mol. The first kappa shape index (κ1) is 24.8. The van der Waals surface area contributed by atoms with Crippen LogP contribution in [0.5, 0.6) is 0 Å². The minimum absolute atomic E-state index is 0. The van der Waals surface area contributed by atoms with E-state index in [1.165, 1.54) is 0 Å². The Hall–Kier alpha value is 0.521. The van der Waals surface area contributed by atoms with Crippen LogP contribution in [0.25, 0.3) is 0 Å². The summed E-state index contributed by atoms with van der Waals surface area (Å²) in [6.45, 7) is 19.3. The monoisotopic (exact) mass is 338 g/mol. The maximum Gasteiger partial charge on any atom is 1.00 e. The van der Waals surface area contributed by atoms with Crippen LogP contribution < -0.4 is 23.8 Å². The summed E-state index contributed by atoms with van der Waals surface area (Å²) in [6, 6.07) is 2.57. The van der Waals surface area contributed by atoms with Crippen LogP contribution in [0.2, 0.25) is 39.3 Å². The van der Waals surface area contributed by atoms with Crippen molar-refractivity contribution in [1.29, 1.82) is 0 Å². The van der Waals surface area contributed by atoms with Gasteiger partial charge in [-0.15, -0.1) is 0 Å². The summed E-state index contributed by atoms with van der Waals surface area (Å²) in [5.41, 5.74) is 4.13. The molecule has 0 saturated heterocycles. The molecule has 22 heavy (non-hydrogen) atoms. The molecule has 0 radical (unpaired) electrons. The molecule has 0 rings (SSSR count). The van der Waals surface area contributed by atoms with E-state index in [4.69, 9.17) is 9.47 Å². The van der Waals surface area contributed by atoms with Crippen LogP contribution in [0.3, 0.4) is 0 Å². The van der Waals surface area contributed by atoms with Crippen molar-refractivity contribution in [3.8, 4) is 0 Å². The second kappa shape index (κ2) is 12.0. The van der Waals surface area contributed by atoms with Crippen LogP contribution in [-0.2, 0) is 9.47 Å². The maximum absolute atomic E-state index is 5.26. The molecule has 0 saturated carbocycles. The number of nitrogens with one attached hydrogen (secondary N) is 1. The third-order valence-electron chi connectivity index (χ3n) is 3.01. The molecule has 6 heteroatoms. The standard InChI is InChI=1S/C16H36NO2Si2.Li/c1-18-11-9-17(10-12-19-2)13-16(14-20(3,4)5)15-21(6,7)8;/h14-15H,9-13H2,1-8H3;/q-1;+1/p+1. The number of hydrogen-bond donors (Lipinski definition) is 1. The Balaban J connectivity index is 0. The minimum Gasteiger partial charge on any atom is -0.379 e. The molecule has 0 aromatic heterocycles. The van der Waals surface area contributed by atoms with E-state index in [1.807, 2.05) is 0 Å². The predicted molar refractivity (Wildman–Crippen MR) is 98.4 cm³/mol. The quantitative estimate of drug-likeness (QED) is 0.388. The number of quaternary nitrogens is 1. The Morgan fingerprint density at radius 3 is 1.73 bits per heavy atom. The average Bonchev–Trinajstić information content (AvgIpc) is 2.28. The number of hydrogen-bond acceptors (Lipinski definition) is 2. The first-order valence-corrected chi connectivity index (χ1v) is 15.1. The van der Waals surface area contributed by atoms with Gasteiger partial charge in [-0.1, -0.05) is 39.3 Å². The van der Waals surface area contributed by atoms with Gasteiger partial charge >= 0.3 is 18.9 Å². The van der Waals surface area contributed by atoms with Gasteiger partial charge in [-0.2, -0.15) is 5.57 Å². The first-order valence-electron chi connectivity index (χ1n) is 7.96. The molecule has 0 amide bonds. The Morgan fingerprint density at radius 1 is 0.955 bits per heavy atom. The Morgan fingerprint density at radius 2 is 1.41 bits per heavy atom. The molecule has 0 aromatic rings. The van der Waals surface area contributed by atoms with Gasteiger partial charge in [-0.05, 0) is 16.1 Å². The van der Waals surface area contributed by atoms with Crippen molar-refractivity contribution in [1.82, 2.24) is 0 Å². The van der Waals surface area contributed by atoms with Crippen LogP contribution in [-0.4, -0.2) is 63.2 Å². The van der Waals surface area contributed by atoms with Crippen molar-refractivity contribution >= 4 is 16.1 Å². The van der Waals surface area contributed by atoms with Crippen LogP contribution in [0, 0.1) is 6.04 Å². The molecule has 126 valence electrons. The summed E-state index contributed by atoms with van der Waals surface area (Å²) in [5, 5.41) is 0. The zero-order valence-electron chi connectivity index (χ0n) is 16.5. The summed E-state index contributed by atoms with van der Waals surface area (Å²) in [4.78, 5) is 1.55. The van der Waals surface area contributed by atoms with Gasteiger partial charge in [0.2, 0.25) is 0 Å². The minimum atomic E-state index is -1.20. The Labute approximate surface area is 153 Å². The second-order valence-corrected chi connectivity index (χ2v) is 18.0. The van der Waals surface area contributed by atoms with Gasteiger partial charge in [-0.3, -0.25) is 0 Å². The van der Waals surface area contributed by atoms with Crippen molar-refractivity contribution in [3.63, 3.8) is 0 Å². The molecular weight excluding hydrogens is 301 g/mol. The van der Waals surface area contributed by atoms with Gasteiger partial charge in [0.15, 0.2) is 0 Å². The molecule has 0 fully saturated rings. The van der Waals surface area contributed by atoms with Gasteiger partial charge in [-0.25, -0.2) is 11.7 Å². The Bertz CT molecular complexity index is 304. The molecule has 0 bridgehead atoms. The largest absolute Gasteiger partial charge is 1.00 e. The summed E-state index contributed by atoms with van der Waals surface area (Å²) in [6.07, 6.45) is 0. The third-order valence-corrected chi connectivity index (χ3v) is 5.48. The summed E-state index contributed by atoms with van der Waals surface area (Å²) in [5.74, 6) is 0. The molecular formula is C16H37LiNO2Si2+. The van der Waals surface area contributed by atoms with E-state index < -0.39 is 16.1 Å². The number of methoxy groups -OCH3 is 2. The van der Waals surface area contributed by atoms with Crippen LogP contribution in [0.1, 0.15) is 0 Å². The fourth-order valence-corrected chi connectivity index (χ4v) is 5.10. The predicted octanol–water partition coefficient (Wildman–Crippen LogP) is -0.946. The van der Waals surface area contributed by atoms with Crippen molar-refractivity contribution < 1.29 is 33.2 Å². The smallest absolute Gasteiger partial charge is 0.379 e. The molecule has 0 atom stereocenters. The van der Waals surface area contributed by atoms with Gasteiger partial charge in [0.25, 0.3) is 0 Å². The van der Waals surface area contributed by atoms with Crippen LogP contribution in [0.4, 0.5) is 0 Å². The van der Waals surface area contributed by atoms with Crippen LogP contribution >= 0.6 is 0 Å². The normalized spacial score (nSPS) is 13.2. The molecule has 0 aromatic carbocycles. The van der Waals surface area contributed by atoms with Crippen molar-refractivity contribution in [2.24, 2.45) is 0 Å². The van der Waals surface area contributed by atoms with Crippen LogP contribution in [0.15, 0.2) is 11.3 Å². The maximum atomic E-state index is 5.26. The summed E-state index contributed by atoms with van der Waals surface area (Å²) < 4.78 is 10.5. The molecule has 1 N–H and O–H groups in total. The van der Waals surface area contributed by atoms with Gasteiger partial charge in [0.05, 0.1) is 19.8 Å². The summed E-state index contributed by atoms with van der Waals surface area (Å²) >= 11 is 0. The van der Waals surface area contributed by atoms with E-state index in [0.717, 1.165) is 32.8 Å². The molecule has 0 aliphatic carbocycles. The van der Waals surface area contributed by atoms with Gasteiger partial charge in [0, 0.05) is 14.2 Å². The zero-order valence-corrected chi connectivity index (χ0v) is 18.5. The molecule has 0 unspecified atom stereocenters. The molecule has 0 aliphatic rings. The topological polar surface area (TPSA) is 22.9 Å². The van der Waals surface area contributed by atoms with Gasteiger partial charge in [0.1, 0.15) is 13.1 Å². The molecule has 0 aliphatic heterocycles. The molecule has 0 heterocycles. The SMILES string of the molecule is COCC[NH+](CCOC)CC(=C[Si](C)(C)C)[CH-][Si](C)(C)C.[Li+]. The van der Waals surface area contributed by atoms with Crippen molar-refractivity contribution in [3.05, 3.63) is 17.3 Å².